The van der Waals surface area contributed by atoms with Gasteiger partial charge in [-0.2, -0.15) is 0 Å². The van der Waals surface area contributed by atoms with Crippen molar-refractivity contribution in [3.63, 3.8) is 0 Å². The van der Waals surface area contributed by atoms with Crippen molar-refractivity contribution in [2.75, 3.05) is 13.2 Å². The Bertz CT molecular complexity index is 180. The van der Waals surface area contributed by atoms with Gasteiger partial charge in [-0.15, -0.1) is 6.42 Å². The molecule has 0 aliphatic carbocycles. The summed E-state index contributed by atoms with van der Waals surface area (Å²) in [5, 5.41) is 0. The van der Waals surface area contributed by atoms with Crippen molar-refractivity contribution < 1.29 is 14.3 Å². The zero-order chi connectivity index (χ0) is 7.61. The van der Waals surface area contributed by atoms with Gasteiger partial charge in [-0.05, 0) is 6.92 Å². The van der Waals surface area contributed by atoms with Gasteiger partial charge in [0.25, 0.3) is 0 Å². The van der Waals surface area contributed by atoms with Crippen LogP contribution in [0.1, 0.15) is 6.92 Å². The normalized spacial score (nSPS) is 22.2. The first kappa shape index (κ1) is 6.94. The molecule has 0 aromatic carbocycles. The zero-order valence-corrected chi connectivity index (χ0v) is 5.72. The molecule has 1 rings (SSSR count). The monoisotopic (exact) mass is 140 g/mol. The van der Waals surface area contributed by atoms with E-state index in [2.05, 4.69) is 15.4 Å². The highest BCUT2D eigenvalue weighted by Gasteiger charge is 2.30. The first-order valence-corrected chi connectivity index (χ1v) is 2.94. The second-order valence-electron chi connectivity index (χ2n) is 2.53. The summed E-state index contributed by atoms with van der Waals surface area (Å²) in [5.74, 6) is 2.50. The maximum Gasteiger partial charge on any atom is 0.508 e. The van der Waals surface area contributed by atoms with Crippen LogP contribution in [0.25, 0.3) is 0 Å². The predicted octanol–water partition coefficient (Wildman–Crippen LogP) is 0.793. The number of ether oxygens (including phenoxy) is 2. The highest BCUT2D eigenvalue weighted by Crippen LogP contribution is 2.20. The maximum absolute atomic E-state index is 10.4. The van der Waals surface area contributed by atoms with Crippen molar-refractivity contribution in [3.8, 4) is 12.3 Å². The van der Waals surface area contributed by atoms with Gasteiger partial charge in [0.2, 0.25) is 0 Å². The van der Waals surface area contributed by atoms with Crippen molar-refractivity contribution in [2.45, 2.75) is 6.92 Å². The SMILES string of the molecule is C#CC1(C)COC(=O)OC1. The lowest BCUT2D eigenvalue weighted by Crippen LogP contribution is -2.35. The molecule has 3 nitrogen and oxygen atoms in total. The van der Waals surface area contributed by atoms with Gasteiger partial charge in [0.05, 0.1) is 5.41 Å². The van der Waals surface area contributed by atoms with Gasteiger partial charge in [0.15, 0.2) is 0 Å². The van der Waals surface area contributed by atoms with E-state index < -0.39 is 11.6 Å². The third-order valence-corrected chi connectivity index (χ3v) is 1.37. The molecular weight excluding hydrogens is 132 g/mol. The zero-order valence-electron chi connectivity index (χ0n) is 5.72. The van der Waals surface area contributed by atoms with Crippen LogP contribution in [-0.2, 0) is 9.47 Å². The first-order chi connectivity index (χ1) is 4.66. The molecule has 0 aromatic heterocycles. The lowest BCUT2D eigenvalue weighted by atomic mass is 9.94. The summed E-state index contributed by atoms with van der Waals surface area (Å²) >= 11 is 0. The maximum atomic E-state index is 10.4. The quantitative estimate of drug-likeness (QED) is 0.368. The highest BCUT2D eigenvalue weighted by molar-refractivity contribution is 5.60. The van der Waals surface area contributed by atoms with Crippen molar-refractivity contribution in [2.24, 2.45) is 5.41 Å². The molecule has 1 heterocycles. The van der Waals surface area contributed by atoms with Crippen molar-refractivity contribution in [1.29, 1.82) is 0 Å². The van der Waals surface area contributed by atoms with E-state index in [0.717, 1.165) is 0 Å². The van der Waals surface area contributed by atoms with Crippen LogP contribution >= 0.6 is 0 Å². The molecule has 3 heteroatoms. The Hall–Kier alpha value is -1.17. The number of terminal acetylenes is 1. The van der Waals surface area contributed by atoms with E-state index in [1.807, 2.05) is 0 Å². The Kier molecular flexibility index (Phi) is 1.54. The number of hydrogen-bond acceptors (Lipinski definition) is 3. The van der Waals surface area contributed by atoms with Crippen LogP contribution in [0.2, 0.25) is 0 Å². The summed E-state index contributed by atoms with van der Waals surface area (Å²) in [4.78, 5) is 10.4. The smallest absolute Gasteiger partial charge is 0.433 e. The molecule has 0 unspecified atom stereocenters. The van der Waals surface area contributed by atoms with E-state index in [9.17, 15) is 4.79 Å². The van der Waals surface area contributed by atoms with E-state index in [0.29, 0.717) is 0 Å². The van der Waals surface area contributed by atoms with E-state index in [1.165, 1.54) is 0 Å². The average Bonchev–Trinajstić information content (AvgIpc) is 1.96. The number of rotatable bonds is 0. The Balaban J connectivity index is 2.56. The van der Waals surface area contributed by atoms with Gasteiger partial charge in [-0.1, -0.05) is 5.92 Å². The molecule has 1 aliphatic heterocycles. The van der Waals surface area contributed by atoms with Gasteiger partial charge in [-0.3, -0.25) is 0 Å². The van der Waals surface area contributed by atoms with Crippen molar-refractivity contribution in [1.82, 2.24) is 0 Å². The van der Waals surface area contributed by atoms with Crippen LogP contribution in [0.4, 0.5) is 4.79 Å². The summed E-state index contributed by atoms with van der Waals surface area (Å²) in [7, 11) is 0. The molecule has 0 atom stereocenters. The molecule has 0 N–H and O–H groups in total. The van der Waals surface area contributed by atoms with Crippen LogP contribution in [0.5, 0.6) is 0 Å². The summed E-state index contributed by atoms with van der Waals surface area (Å²) in [6, 6.07) is 0. The Labute approximate surface area is 59.3 Å². The molecule has 54 valence electrons. The molecule has 1 fully saturated rings. The molecule has 0 bridgehead atoms. The molecule has 0 amide bonds. The lowest BCUT2D eigenvalue weighted by molar-refractivity contribution is -0.0296. The molecule has 1 saturated heterocycles. The molecule has 0 saturated carbocycles. The van der Waals surface area contributed by atoms with E-state index in [-0.39, 0.29) is 13.2 Å². The standard InChI is InChI=1S/C7H8O3/c1-3-7(2)4-9-6(8)10-5-7/h1H,4-5H2,2H3. The minimum absolute atomic E-state index is 0.252. The topological polar surface area (TPSA) is 35.5 Å². The number of hydrogen-bond donors (Lipinski definition) is 0. The number of carbonyl (C=O) groups excluding carboxylic acids is 1. The van der Waals surface area contributed by atoms with Gasteiger partial charge in [0.1, 0.15) is 13.2 Å². The third kappa shape index (κ3) is 1.21. The minimum Gasteiger partial charge on any atom is -0.433 e. The summed E-state index contributed by atoms with van der Waals surface area (Å²) in [6.45, 7) is 2.31. The summed E-state index contributed by atoms with van der Waals surface area (Å²) in [6.07, 6.45) is 4.53. The lowest BCUT2D eigenvalue weighted by Gasteiger charge is -2.26. The number of carbonyl (C=O) groups is 1. The van der Waals surface area contributed by atoms with Crippen LogP contribution in [-0.4, -0.2) is 19.4 Å². The Morgan fingerprint density at radius 3 is 2.50 bits per heavy atom. The molecular formula is C7H8O3. The molecule has 0 aromatic rings. The van der Waals surface area contributed by atoms with E-state index in [4.69, 9.17) is 6.42 Å². The molecule has 1 aliphatic rings. The Morgan fingerprint density at radius 1 is 1.60 bits per heavy atom. The fraction of sp³-hybridized carbons (Fsp3) is 0.571. The van der Waals surface area contributed by atoms with Crippen LogP contribution in [0, 0.1) is 17.8 Å². The largest absolute Gasteiger partial charge is 0.508 e. The molecule has 10 heavy (non-hydrogen) atoms. The summed E-state index contributed by atoms with van der Waals surface area (Å²) in [5.41, 5.74) is -0.437. The predicted molar refractivity (Wildman–Crippen MR) is 34.2 cm³/mol. The van der Waals surface area contributed by atoms with Crippen LogP contribution in [0.15, 0.2) is 0 Å². The average molecular weight is 140 g/mol. The van der Waals surface area contributed by atoms with E-state index in [1.54, 1.807) is 6.92 Å². The van der Waals surface area contributed by atoms with Gasteiger partial charge in [0, 0.05) is 0 Å². The van der Waals surface area contributed by atoms with E-state index >= 15 is 0 Å². The second-order valence-corrected chi connectivity index (χ2v) is 2.53. The minimum atomic E-state index is -0.632. The number of cyclic esters (lactones) is 2. The third-order valence-electron chi connectivity index (χ3n) is 1.37. The second kappa shape index (κ2) is 2.22. The highest BCUT2D eigenvalue weighted by atomic mass is 16.7. The van der Waals surface area contributed by atoms with Crippen LogP contribution < -0.4 is 0 Å². The van der Waals surface area contributed by atoms with Crippen LogP contribution in [0.3, 0.4) is 0 Å². The Morgan fingerprint density at radius 2 is 2.10 bits per heavy atom. The van der Waals surface area contributed by atoms with Gasteiger partial charge >= 0.3 is 6.16 Å². The summed E-state index contributed by atoms with van der Waals surface area (Å²) < 4.78 is 9.16. The van der Waals surface area contributed by atoms with Crippen molar-refractivity contribution in [3.05, 3.63) is 0 Å². The van der Waals surface area contributed by atoms with Gasteiger partial charge in [-0.25, -0.2) is 4.79 Å². The molecule has 0 spiro atoms. The fourth-order valence-corrected chi connectivity index (χ4v) is 0.603. The van der Waals surface area contributed by atoms with Crippen molar-refractivity contribution >= 4 is 6.16 Å². The molecule has 0 radical (unpaired) electrons. The van der Waals surface area contributed by atoms with Gasteiger partial charge < -0.3 is 9.47 Å². The first-order valence-electron chi connectivity index (χ1n) is 2.94. The fourth-order valence-electron chi connectivity index (χ4n) is 0.603.